The van der Waals surface area contributed by atoms with Crippen LogP contribution < -0.4 is 0 Å². The van der Waals surface area contributed by atoms with E-state index in [4.69, 9.17) is 0 Å². The van der Waals surface area contributed by atoms with Crippen LogP contribution >= 0.6 is 0 Å². The van der Waals surface area contributed by atoms with E-state index in [1.54, 1.807) is 0 Å². The summed E-state index contributed by atoms with van der Waals surface area (Å²) in [7, 11) is 0. The van der Waals surface area contributed by atoms with Gasteiger partial charge in [-0.3, -0.25) is 0 Å². The van der Waals surface area contributed by atoms with Crippen LogP contribution in [0.4, 0.5) is 4.39 Å². The van der Waals surface area contributed by atoms with Crippen molar-refractivity contribution in [3.63, 3.8) is 0 Å². The monoisotopic (exact) mass is 160 g/mol. The molecular formula is C10H21F. The molecule has 0 bridgehead atoms. The molecule has 0 aromatic carbocycles. The van der Waals surface area contributed by atoms with E-state index in [1.807, 2.05) is 6.92 Å². The molecular weight excluding hydrogens is 139 g/mol. The Hall–Kier alpha value is -0.0700. The van der Waals surface area contributed by atoms with Crippen LogP contribution in [0.1, 0.15) is 52.9 Å². The molecule has 2 unspecified atom stereocenters. The van der Waals surface area contributed by atoms with Crippen molar-refractivity contribution < 1.29 is 4.39 Å². The number of hydrogen-bond acceptors (Lipinski definition) is 0. The van der Waals surface area contributed by atoms with Crippen molar-refractivity contribution in [1.82, 2.24) is 0 Å². The molecule has 0 aromatic heterocycles. The van der Waals surface area contributed by atoms with Gasteiger partial charge in [-0.15, -0.1) is 0 Å². The summed E-state index contributed by atoms with van der Waals surface area (Å²) in [6.07, 6.45) is 4.41. The molecule has 0 aliphatic carbocycles. The molecule has 0 aromatic rings. The molecule has 0 radical (unpaired) electrons. The van der Waals surface area contributed by atoms with Crippen LogP contribution in [0.25, 0.3) is 0 Å². The molecule has 0 saturated carbocycles. The van der Waals surface area contributed by atoms with Gasteiger partial charge < -0.3 is 0 Å². The maximum Gasteiger partial charge on any atom is 0.0999 e. The van der Waals surface area contributed by atoms with Gasteiger partial charge in [0.2, 0.25) is 0 Å². The minimum atomic E-state index is -0.561. The van der Waals surface area contributed by atoms with Crippen LogP contribution in [0, 0.1) is 5.92 Å². The zero-order chi connectivity index (χ0) is 8.69. The Morgan fingerprint density at radius 3 is 2.18 bits per heavy atom. The standard InChI is InChI=1S/C10H21F/c1-4-6-9(3)7-8-10(11)5-2/h9-10H,4-8H2,1-3H3. The summed E-state index contributed by atoms with van der Waals surface area (Å²) < 4.78 is 12.7. The third-order valence-corrected chi connectivity index (χ3v) is 2.20. The van der Waals surface area contributed by atoms with Gasteiger partial charge in [-0.05, 0) is 25.2 Å². The SMILES string of the molecule is CCCC(C)CCC(F)CC. The van der Waals surface area contributed by atoms with E-state index in [0.717, 1.165) is 12.8 Å². The Kier molecular flexibility index (Phi) is 6.59. The molecule has 0 heterocycles. The molecule has 1 heteroatoms. The van der Waals surface area contributed by atoms with Crippen molar-refractivity contribution in [2.45, 2.75) is 59.0 Å². The van der Waals surface area contributed by atoms with E-state index < -0.39 is 6.17 Å². The molecule has 0 aliphatic heterocycles. The minimum Gasteiger partial charge on any atom is -0.248 e. The van der Waals surface area contributed by atoms with Gasteiger partial charge in [-0.25, -0.2) is 4.39 Å². The fourth-order valence-electron chi connectivity index (χ4n) is 1.31. The van der Waals surface area contributed by atoms with Gasteiger partial charge in [0.15, 0.2) is 0 Å². The summed E-state index contributed by atoms with van der Waals surface area (Å²) in [5, 5.41) is 0. The van der Waals surface area contributed by atoms with Crippen LogP contribution in [0.3, 0.4) is 0 Å². The highest BCUT2D eigenvalue weighted by molar-refractivity contribution is 4.58. The summed E-state index contributed by atoms with van der Waals surface area (Å²) in [6.45, 7) is 6.31. The highest BCUT2D eigenvalue weighted by atomic mass is 19.1. The molecule has 0 rings (SSSR count). The molecule has 0 spiro atoms. The van der Waals surface area contributed by atoms with Gasteiger partial charge in [-0.2, -0.15) is 0 Å². The third-order valence-electron chi connectivity index (χ3n) is 2.20. The highest BCUT2D eigenvalue weighted by Crippen LogP contribution is 2.16. The Labute approximate surface area is 70.2 Å². The lowest BCUT2D eigenvalue weighted by molar-refractivity contribution is 0.280. The van der Waals surface area contributed by atoms with Crippen molar-refractivity contribution in [3.8, 4) is 0 Å². The summed E-state index contributed by atoms with van der Waals surface area (Å²) in [6, 6.07) is 0. The number of rotatable bonds is 6. The van der Waals surface area contributed by atoms with Crippen LogP contribution in [-0.4, -0.2) is 6.17 Å². The first-order chi connectivity index (χ1) is 5.20. The molecule has 0 saturated heterocycles. The molecule has 0 N–H and O–H groups in total. The average molecular weight is 160 g/mol. The number of alkyl halides is 1. The maximum absolute atomic E-state index is 12.7. The summed E-state index contributed by atoms with van der Waals surface area (Å²) in [5.41, 5.74) is 0. The molecule has 11 heavy (non-hydrogen) atoms. The lowest BCUT2D eigenvalue weighted by Gasteiger charge is -2.10. The Balaban J connectivity index is 3.22. The largest absolute Gasteiger partial charge is 0.248 e. The van der Waals surface area contributed by atoms with E-state index in [0.29, 0.717) is 12.3 Å². The van der Waals surface area contributed by atoms with Gasteiger partial charge >= 0.3 is 0 Å². The van der Waals surface area contributed by atoms with Crippen molar-refractivity contribution in [3.05, 3.63) is 0 Å². The predicted octanol–water partition coefficient (Wildman–Crippen LogP) is 3.95. The quantitative estimate of drug-likeness (QED) is 0.552. The van der Waals surface area contributed by atoms with Crippen molar-refractivity contribution in [1.29, 1.82) is 0 Å². The Bertz CT molecular complexity index is 80.9. The fourth-order valence-corrected chi connectivity index (χ4v) is 1.31. The van der Waals surface area contributed by atoms with Crippen LogP contribution in [0.2, 0.25) is 0 Å². The molecule has 2 atom stereocenters. The summed E-state index contributed by atoms with van der Waals surface area (Å²) in [5.74, 6) is 0.713. The maximum atomic E-state index is 12.7. The predicted molar refractivity (Wildman–Crippen MR) is 48.5 cm³/mol. The smallest absolute Gasteiger partial charge is 0.0999 e. The van der Waals surface area contributed by atoms with Gasteiger partial charge in [0.05, 0.1) is 6.17 Å². The van der Waals surface area contributed by atoms with Crippen LogP contribution in [0.15, 0.2) is 0 Å². The number of hydrogen-bond donors (Lipinski definition) is 0. The second kappa shape index (κ2) is 6.63. The van der Waals surface area contributed by atoms with Gasteiger partial charge in [0.25, 0.3) is 0 Å². The van der Waals surface area contributed by atoms with Crippen LogP contribution in [-0.2, 0) is 0 Å². The zero-order valence-electron chi connectivity index (χ0n) is 8.07. The minimum absolute atomic E-state index is 0.561. The second-order valence-corrected chi connectivity index (χ2v) is 3.48. The van der Waals surface area contributed by atoms with E-state index in [1.165, 1.54) is 12.8 Å². The molecule has 68 valence electrons. The fraction of sp³-hybridized carbons (Fsp3) is 1.00. The first-order valence-electron chi connectivity index (χ1n) is 4.84. The molecule has 0 aliphatic rings. The van der Waals surface area contributed by atoms with Crippen LogP contribution in [0.5, 0.6) is 0 Å². The van der Waals surface area contributed by atoms with Crippen molar-refractivity contribution in [2.24, 2.45) is 5.92 Å². The second-order valence-electron chi connectivity index (χ2n) is 3.48. The Morgan fingerprint density at radius 2 is 1.73 bits per heavy atom. The molecule has 0 fully saturated rings. The third kappa shape index (κ3) is 6.33. The van der Waals surface area contributed by atoms with Crippen molar-refractivity contribution >= 4 is 0 Å². The van der Waals surface area contributed by atoms with E-state index in [2.05, 4.69) is 13.8 Å². The molecule has 0 amide bonds. The van der Waals surface area contributed by atoms with Gasteiger partial charge in [0, 0.05) is 0 Å². The zero-order valence-corrected chi connectivity index (χ0v) is 8.07. The van der Waals surface area contributed by atoms with Crippen molar-refractivity contribution in [2.75, 3.05) is 0 Å². The van der Waals surface area contributed by atoms with E-state index in [9.17, 15) is 4.39 Å². The van der Waals surface area contributed by atoms with Gasteiger partial charge in [0.1, 0.15) is 0 Å². The first kappa shape index (κ1) is 10.9. The summed E-state index contributed by atoms with van der Waals surface area (Å²) in [4.78, 5) is 0. The van der Waals surface area contributed by atoms with Gasteiger partial charge in [-0.1, -0.05) is 33.6 Å². The lowest BCUT2D eigenvalue weighted by atomic mass is 9.98. The number of halogens is 1. The van der Waals surface area contributed by atoms with E-state index in [-0.39, 0.29) is 0 Å². The average Bonchev–Trinajstić information content (AvgIpc) is 2.01. The highest BCUT2D eigenvalue weighted by Gasteiger charge is 2.06. The summed E-state index contributed by atoms with van der Waals surface area (Å²) >= 11 is 0. The van der Waals surface area contributed by atoms with E-state index >= 15 is 0 Å². The topological polar surface area (TPSA) is 0 Å². The first-order valence-corrected chi connectivity index (χ1v) is 4.84. The molecule has 0 nitrogen and oxygen atoms in total. The lowest BCUT2D eigenvalue weighted by Crippen LogP contribution is -2.02. The normalized spacial score (nSPS) is 16.4. The Morgan fingerprint density at radius 1 is 1.09 bits per heavy atom.